The molecule has 0 spiro atoms. The molecule has 152 valence electrons. The Balaban J connectivity index is 1.44. The molecule has 1 aliphatic heterocycles. The third-order valence-corrected chi connectivity index (χ3v) is 5.99. The summed E-state index contributed by atoms with van der Waals surface area (Å²) in [7, 11) is 0. The van der Waals surface area contributed by atoms with Crippen molar-refractivity contribution in [2.45, 2.75) is 43.0 Å². The standard InChI is InChI=1S/C22H20N4O3S/c23-13-30-17-9-6-14(7-10-17)24-22(29)25-15-8-11-18-19(12-15)21(28)26(20(18)27)16-4-2-1-3-5-16/h6-12,16H,1-5H2,(H2,24,25,29). The average Bonchev–Trinajstić information content (AvgIpc) is 3.00. The summed E-state index contributed by atoms with van der Waals surface area (Å²) in [6.45, 7) is 0. The van der Waals surface area contributed by atoms with Crippen LogP contribution in [0.2, 0.25) is 0 Å². The second-order valence-corrected chi connectivity index (χ2v) is 8.19. The number of anilines is 2. The van der Waals surface area contributed by atoms with Crippen LogP contribution in [0.4, 0.5) is 16.2 Å². The Labute approximate surface area is 178 Å². The molecule has 0 unspecified atom stereocenters. The first-order chi connectivity index (χ1) is 14.6. The molecule has 1 fully saturated rings. The van der Waals surface area contributed by atoms with Gasteiger partial charge in [-0.15, -0.1) is 0 Å². The quantitative estimate of drug-likeness (QED) is 0.419. The first-order valence-electron chi connectivity index (χ1n) is 9.83. The van der Waals surface area contributed by atoms with Gasteiger partial charge in [-0.2, -0.15) is 5.26 Å². The molecule has 2 aromatic carbocycles. The Bertz CT molecular complexity index is 1040. The van der Waals surface area contributed by atoms with Gasteiger partial charge in [-0.05, 0) is 67.1 Å². The Hall–Kier alpha value is -3.31. The largest absolute Gasteiger partial charge is 0.323 e. The van der Waals surface area contributed by atoms with Crippen molar-refractivity contribution in [1.82, 2.24) is 4.90 Å². The molecule has 0 radical (unpaired) electrons. The van der Waals surface area contributed by atoms with Gasteiger partial charge in [0, 0.05) is 22.3 Å². The zero-order valence-corrected chi connectivity index (χ0v) is 17.0. The second kappa shape index (κ2) is 8.59. The second-order valence-electron chi connectivity index (χ2n) is 7.33. The van der Waals surface area contributed by atoms with Gasteiger partial charge in [-0.3, -0.25) is 14.5 Å². The predicted molar refractivity (Wildman–Crippen MR) is 114 cm³/mol. The summed E-state index contributed by atoms with van der Waals surface area (Å²) < 4.78 is 0. The van der Waals surface area contributed by atoms with Gasteiger partial charge in [0.15, 0.2) is 0 Å². The minimum Gasteiger partial charge on any atom is -0.308 e. The number of carbonyl (C=O) groups excluding carboxylic acids is 3. The van der Waals surface area contributed by atoms with E-state index in [1.165, 1.54) is 4.90 Å². The van der Waals surface area contributed by atoms with Gasteiger partial charge in [0.2, 0.25) is 0 Å². The Kier molecular flexibility index (Phi) is 5.72. The lowest BCUT2D eigenvalue weighted by Crippen LogP contribution is -2.40. The molecule has 0 bridgehead atoms. The molecule has 30 heavy (non-hydrogen) atoms. The van der Waals surface area contributed by atoms with Gasteiger partial charge < -0.3 is 10.6 Å². The number of amides is 4. The molecule has 1 saturated carbocycles. The number of imide groups is 1. The number of thiocyanates is 1. The highest BCUT2D eigenvalue weighted by atomic mass is 32.2. The number of thioether (sulfide) groups is 1. The van der Waals surface area contributed by atoms with Crippen LogP contribution in [0.15, 0.2) is 47.4 Å². The molecule has 4 rings (SSSR count). The number of fused-ring (bicyclic) bond motifs is 1. The highest BCUT2D eigenvalue weighted by Crippen LogP contribution is 2.32. The lowest BCUT2D eigenvalue weighted by molar-refractivity contribution is 0.0549. The molecular weight excluding hydrogens is 400 g/mol. The molecule has 0 aromatic heterocycles. The van der Waals surface area contributed by atoms with Crippen molar-refractivity contribution >= 4 is 41.0 Å². The zero-order chi connectivity index (χ0) is 21.1. The molecule has 1 heterocycles. The minimum absolute atomic E-state index is 0.0342. The van der Waals surface area contributed by atoms with Crippen LogP contribution in [0.5, 0.6) is 0 Å². The average molecular weight is 420 g/mol. The summed E-state index contributed by atoms with van der Waals surface area (Å²) in [6.07, 6.45) is 4.90. The van der Waals surface area contributed by atoms with Crippen molar-refractivity contribution in [3.05, 3.63) is 53.6 Å². The Morgan fingerprint density at radius 2 is 1.57 bits per heavy atom. The van der Waals surface area contributed by atoms with Crippen LogP contribution in [-0.2, 0) is 0 Å². The molecule has 2 aromatic rings. The number of carbonyl (C=O) groups is 3. The lowest BCUT2D eigenvalue weighted by Gasteiger charge is -2.29. The fourth-order valence-electron chi connectivity index (χ4n) is 3.96. The Morgan fingerprint density at radius 3 is 2.27 bits per heavy atom. The van der Waals surface area contributed by atoms with Gasteiger partial charge in [0.25, 0.3) is 11.8 Å². The third kappa shape index (κ3) is 4.02. The van der Waals surface area contributed by atoms with Crippen LogP contribution in [0.3, 0.4) is 0 Å². The van der Waals surface area contributed by atoms with Crippen molar-refractivity contribution in [3.63, 3.8) is 0 Å². The van der Waals surface area contributed by atoms with Crippen LogP contribution in [0.1, 0.15) is 52.8 Å². The topological polar surface area (TPSA) is 102 Å². The van der Waals surface area contributed by atoms with Crippen LogP contribution < -0.4 is 10.6 Å². The van der Waals surface area contributed by atoms with Crippen molar-refractivity contribution in [3.8, 4) is 5.40 Å². The number of nitriles is 1. The number of nitrogens with zero attached hydrogens (tertiary/aromatic N) is 2. The normalized spacial score (nSPS) is 16.2. The number of urea groups is 1. The van der Waals surface area contributed by atoms with Gasteiger partial charge in [0.1, 0.15) is 5.40 Å². The van der Waals surface area contributed by atoms with Gasteiger partial charge >= 0.3 is 6.03 Å². The molecule has 1 aliphatic carbocycles. The molecule has 0 saturated heterocycles. The highest BCUT2D eigenvalue weighted by Gasteiger charge is 2.40. The van der Waals surface area contributed by atoms with E-state index in [0.29, 0.717) is 22.5 Å². The molecule has 2 N–H and O–H groups in total. The van der Waals surface area contributed by atoms with E-state index in [2.05, 4.69) is 10.6 Å². The lowest BCUT2D eigenvalue weighted by atomic mass is 9.94. The molecule has 0 atom stereocenters. The van der Waals surface area contributed by atoms with E-state index >= 15 is 0 Å². The molecule has 7 nitrogen and oxygen atoms in total. The number of benzene rings is 2. The maximum atomic E-state index is 12.9. The fraction of sp³-hybridized carbons (Fsp3) is 0.273. The van der Waals surface area contributed by atoms with Crippen molar-refractivity contribution < 1.29 is 14.4 Å². The fourth-order valence-corrected chi connectivity index (χ4v) is 4.34. The monoisotopic (exact) mass is 420 g/mol. The van der Waals surface area contributed by atoms with E-state index in [0.717, 1.165) is 48.8 Å². The summed E-state index contributed by atoms with van der Waals surface area (Å²) in [5, 5.41) is 16.1. The molecule has 4 amide bonds. The maximum Gasteiger partial charge on any atom is 0.323 e. The number of rotatable bonds is 4. The maximum absolute atomic E-state index is 12.9. The smallest absolute Gasteiger partial charge is 0.308 e. The van der Waals surface area contributed by atoms with Crippen molar-refractivity contribution in [1.29, 1.82) is 5.26 Å². The first-order valence-corrected chi connectivity index (χ1v) is 10.6. The van der Waals surface area contributed by atoms with Crippen LogP contribution >= 0.6 is 11.8 Å². The summed E-state index contributed by atoms with van der Waals surface area (Å²) >= 11 is 1.04. The van der Waals surface area contributed by atoms with E-state index in [1.807, 2.05) is 5.40 Å². The minimum atomic E-state index is -0.462. The van der Waals surface area contributed by atoms with E-state index in [4.69, 9.17) is 5.26 Å². The third-order valence-electron chi connectivity index (χ3n) is 5.39. The SMILES string of the molecule is N#CSc1ccc(NC(=O)Nc2ccc3c(c2)C(=O)N(C2CCCCC2)C3=O)cc1. The predicted octanol–water partition coefficient (Wildman–Crippen LogP) is 4.83. The van der Waals surface area contributed by atoms with E-state index in [9.17, 15) is 14.4 Å². The summed E-state index contributed by atoms with van der Waals surface area (Å²) in [5.74, 6) is -0.523. The first kappa shape index (κ1) is 20.0. The summed E-state index contributed by atoms with van der Waals surface area (Å²) in [4.78, 5) is 40.1. The summed E-state index contributed by atoms with van der Waals surface area (Å²) in [6, 6.07) is 11.2. The van der Waals surface area contributed by atoms with Gasteiger partial charge in [-0.1, -0.05) is 19.3 Å². The molecule has 2 aliphatic rings. The van der Waals surface area contributed by atoms with E-state index in [-0.39, 0.29) is 17.9 Å². The molecular formula is C22H20N4O3S. The van der Waals surface area contributed by atoms with Crippen molar-refractivity contribution in [2.75, 3.05) is 10.6 Å². The van der Waals surface area contributed by atoms with E-state index in [1.54, 1.807) is 42.5 Å². The number of hydrogen-bond donors (Lipinski definition) is 2. The number of nitrogens with one attached hydrogen (secondary N) is 2. The Morgan fingerprint density at radius 1 is 0.933 bits per heavy atom. The van der Waals surface area contributed by atoms with Gasteiger partial charge in [0.05, 0.1) is 11.1 Å². The summed E-state index contributed by atoms with van der Waals surface area (Å²) in [5.41, 5.74) is 1.74. The molecule has 8 heteroatoms. The van der Waals surface area contributed by atoms with Crippen molar-refractivity contribution in [2.24, 2.45) is 0 Å². The zero-order valence-electron chi connectivity index (χ0n) is 16.2. The van der Waals surface area contributed by atoms with Crippen LogP contribution in [0.25, 0.3) is 0 Å². The van der Waals surface area contributed by atoms with Gasteiger partial charge in [-0.25, -0.2) is 4.79 Å². The van der Waals surface area contributed by atoms with Crippen LogP contribution in [0, 0.1) is 10.7 Å². The highest BCUT2D eigenvalue weighted by molar-refractivity contribution is 8.03. The van der Waals surface area contributed by atoms with Crippen LogP contribution in [-0.4, -0.2) is 28.8 Å². The number of hydrogen-bond acceptors (Lipinski definition) is 5. The van der Waals surface area contributed by atoms with E-state index < -0.39 is 6.03 Å².